The predicted octanol–water partition coefficient (Wildman–Crippen LogP) is -1.27. The second-order valence-electron chi connectivity index (χ2n) is 26.5. The Morgan fingerprint density at radius 2 is 1.19 bits per heavy atom. The third-order valence-electron chi connectivity index (χ3n) is 20.9. The summed E-state index contributed by atoms with van der Waals surface area (Å²) in [6.45, 7) is 17.1. The number of aliphatic hydroxyl groups excluding tert-OH is 14. The molecule has 14 N–H and O–H groups in total. The van der Waals surface area contributed by atoms with Crippen molar-refractivity contribution < 1.29 is 109 Å². The second kappa shape index (κ2) is 23.5. The van der Waals surface area contributed by atoms with Crippen LogP contribution >= 0.6 is 0 Å². The van der Waals surface area contributed by atoms with Gasteiger partial charge in [0.05, 0.1) is 51.3 Å². The van der Waals surface area contributed by atoms with Crippen LogP contribution in [0.3, 0.4) is 0 Å². The summed E-state index contributed by atoms with van der Waals surface area (Å²) in [4.78, 5) is 0. The molecule has 0 aromatic heterocycles. The predicted molar refractivity (Wildman–Crippen MR) is 270 cm³/mol. The Bertz CT molecular complexity index is 1990. The van der Waals surface area contributed by atoms with Gasteiger partial charge in [0.2, 0.25) is 0 Å². The molecule has 4 aliphatic carbocycles. The third kappa shape index (κ3) is 11.1. The lowest BCUT2D eigenvalue weighted by Gasteiger charge is -2.67. The molecule has 29 atom stereocenters. The van der Waals surface area contributed by atoms with Crippen LogP contribution in [-0.4, -0.2) is 239 Å². The van der Waals surface area contributed by atoms with Crippen LogP contribution in [0.5, 0.6) is 0 Å². The maximum Gasteiger partial charge on any atom is 0.187 e. The first kappa shape index (κ1) is 61.9. The molecule has 0 spiro atoms. The van der Waals surface area contributed by atoms with E-state index in [9.17, 15) is 71.5 Å². The highest BCUT2D eigenvalue weighted by atomic mass is 16.7. The first-order chi connectivity index (χ1) is 36.0. The Balaban J connectivity index is 0.973. The summed E-state index contributed by atoms with van der Waals surface area (Å²) < 4.78 is 48.4. The highest BCUT2D eigenvalue weighted by Gasteiger charge is 2.70. The van der Waals surface area contributed by atoms with Gasteiger partial charge in [0, 0.05) is 10.8 Å². The molecule has 4 aliphatic heterocycles. The van der Waals surface area contributed by atoms with Crippen molar-refractivity contribution in [3.05, 3.63) is 11.6 Å². The Hall–Kier alpha value is -1.14. The highest BCUT2D eigenvalue weighted by molar-refractivity contribution is 5.32. The summed E-state index contributed by atoms with van der Waals surface area (Å²) in [5.41, 5.74) is -0.716. The zero-order valence-electron chi connectivity index (χ0n) is 46.3. The van der Waals surface area contributed by atoms with Gasteiger partial charge in [-0.15, -0.1) is 0 Å². The van der Waals surface area contributed by atoms with Crippen LogP contribution in [0.25, 0.3) is 0 Å². The number of allylic oxidation sites excluding steroid dienone is 1. The molecule has 4 heterocycles. The van der Waals surface area contributed by atoms with Crippen molar-refractivity contribution in [1.82, 2.24) is 0 Å². The van der Waals surface area contributed by atoms with E-state index >= 15 is 0 Å². The van der Waals surface area contributed by atoms with Crippen molar-refractivity contribution in [2.45, 2.75) is 249 Å². The third-order valence-corrected chi connectivity index (χ3v) is 20.9. The van der Waals surface area contributed by atoms with Crippen molar-refractivity contribution in [3.63, 3.8) is 0 Å². The Morgan fingerprint density at radius 1 is 0.623 bits per heavy atom. The number of hydrogen-bond acceptors (Lipinski definition) is 22. The summed E-state index contributed by atoms with van der Waals surface area (Å²) in [6.07, 6.45) is -21.1. The zero-order valence-corrected chi connectivity index (χ0v) is 46.3. The van der Waals surface area contributed by atoms with Gasteiger partial charge in [-0.2, -0.15) is 0 Å². The molecule has 446 valence electrons. The van der Waals surface area contributed by atoms with Crippen LogP contribution in [-0.2, 0) is 37.9 Å². The van der Waals surface area contributed by atoms with E-state index in [4.69, 9.17) is 37.9 Å². The lowest BCUT2D eigenvalue weighted by molar-refractivity contribution is -0.342. The summed E-state index contributed by atoms with van der Waals surface area (Å²) >= 11 is 0. The van der Waals surface area contributed by atoms with Gasteiger partial charge in [-0.05, 0) is 91.3 Å². The highest BCUT2D eigenvalue weighted by Crippen LogP contribution is 2.75. The molecule has 22 heteroatoms. The minimum atomic E-state index is -1.70. The van der Waals surface area contributed by atoms with Gasteiger partial charge in [-0.25, -0.2) is 0 Å². The van der Waals surface area contributed by atoms with Crippen LogP contribution in [0, 0.1) is 50.7 Å². The molecular weight excluding hydrogens is 1010 g/mol. The summed E-state index contributed by atoms with van der Waals surface area (Å²) in [5, 5.41) is 150. The van der Waals surface area contributed by atoms with Gasteiger partial charge < -0.3 is 109 Å². The van der Waals surface area contributed by atoms with E-state index in [1.807, 2.05) is 20.8 Å². The van der Waals surface area contributed by atoms with Crippen LogP contribution in [0.1, 0.15) is 114 Å². The number of rotatable bonds is 16. The molecule has 77 heavy (non-hydrogen) atoms. The normalized spacial score (nSPS) is 51.0. The topological polar surface area (TPSA) is 357 Å². The fourth-order valence-corrected chi connectivity index (χ4v) is 15.7. The molecule has 0 aromatic carbocycles. The summed E-state index contributed by atoms with van der Waals surface area (Å²) in [7, 11) is 0. The van der Waals surface area contributed by atoms with E-state index < -0.39 is 178 Å². The standard InChI is InChI=1S/C55H94O22/c1-24(25-16-17-53(7)33-13-11-26-27(55(33,9)34(59)18-54(25,53)8)12-15-36(52(26,5)6)77-49-46(69)43(66)39(62)30(20-57)74-49)10-14-35(51(2,3)4)76-50-47(70-22-31-40(63)42(65)38(61)29(19-56)73-31)44(67)41(64)32(75-50)23-72-48-45(68)37(60)28(58)21-71-48/h11,24-25,27-50,56-69H,10,12-23H2,1-9H3/t24-,25-,27-,28?,29?,30?,31?,32?,33+,34-,35?,36+,37?,38?,39?,40?,41?,42?,43?,44?,45?,46?,47?,48?,49?,50?,53+,54-,55+/m1/s1. The fourth-order valence-electron chi connectivity index (χ4n) is 15.7. The van der Waals surface area contributed by atoms with E-state index in [1.54, 1.807) is 0 Å². The van der Waals surface area contributed by atoms with Crippen LogP contribution < -0.4 is 0 Å². The lowest BCUT2D eigenvalue weighted by Crippen LogP contribution is -2.65. The average Bonchev–Trinajstić information content (AvgIpc) is 3.92. The van der Waals surface area contributed by atoms with E-state index in [-0.39, 0.29) is 41.1 Å². The monoisotopic (exact) mass is 1110 g/mol. The van der Waals surface area contributed by atoms with E-state index in [1.165, 1.54) is 5.57 Å². The van der Waals surface area contributed by atoms with E-state index in [0.717, 1.165) is 25.7 Å². The van der Waals surface area contributed by atoms with Gasteiger partial charge in [-0.1, -0.05) is 74.0 Å². The number of hydrogen-bond donors (Lipinski definition) is 14. The molecule has 0 radical (unpaired) electrons. The van der Waals surface area contributed by atoms with Crippen molar-refractivity contribution in [2.75, 3.05) is 33.0 Å². The van der Waals surface area contributed by atoms with Gasteiger partial charge in [0.15, 0.2) is 18.9 Å². The van der Waals surface area contributed by atoms with E-state index in [2.05, 4.69) is 47.6 Å². The fraction of sp³-hybridized carbons (Fsp3) is 0.964. The molecule has 8 aliphatic rings. The van der Waals surface area contributed by atoms with Crippen LogP contribution in [0.2, 0.25) is 0 Å². The van der Waals surface area contributed by atoms with Crippen LogP contribution in [0.15, 0.2) is 11.6 Å². The number of fused-ring (bicyclic) bond motifs is 5. The molecule has 20 unspecified atom stereocenters. The van der Waals surface area contributed by atoms with Gasteiger partial charge in [0.25, 0.3) is 0 Å². The molecule has 0 aromatic rings. The van der Waals surface area contributed by atoms with Crippen molar-refractivity contribution in [1.29, 1.82) is 0 Å². The lowest BCUT2D eigenvalue weighted by atomic mass is 9.38. The maximum absolute atomic E-state index is 12.7. The number of ether oxygens (including phenoxy) is 8. The summed E-state index contributed by atoms with van der Waals surface area (Å²) in [6, 6.07) is 0. The van der Waals surface area contributed by atoms with E-state index in [0.29, 0.717) is 25.7 Å². The van der Waals surface area contributed by atoms with Crippen molar-refractivity contribution >= 4 is 0 Å². The molecule has 0 amide bonds. The van der Waals surface area contributed by atoms with Crippen molar-refractivity contribution in [3.8, 4) is 0 Å². The smallest absolute Gasteiger partial charge is 0.187 e. The first-order valence-corrected chi connectivity index (χ1v) is 28.2. The summed E-state index contributed by atoms with van der Waals surface area (Å²) in [5.74, 6) is 0.597. The zero-order chi connectivity index (χ0) is 56.6. The average molecular weight is 1110 g/mol. The minimum absolute atomic E-state index is 0.0513. The first-order valence-electron chi connectivity index (χ1n) is 28.2. The molecular formula is C55H94O22. The molecule has 4 saturated heterocycles. The molecule has 8 rings (SSSR count). The Kier molecular flexibility index (Phi) is 18.9. The SMILES string of the molecule is C[C@H](CCC(OC1OC(COC2OCC(O)C(O)C2O)C(O)C(O)C1OCC1OC(CO)C(O)C(O)C1O)C(C)(C)C)[C@H]1CC[C@@]2(C)[C@@H]3CC=C4[C@@H](CC[C@H](OC5OC(CO)C(O)C(O)C5O)C4(C)C)[C@]3(C)[C@H](O)C[C@]12C. The second-order valence-corrected chi connectivity index (χ2v) is 26.5. The van der Waals surface area contributed by atoms with Crippen LogP contribution in [0.4, 0.5) is 0 Å². The van der Waals surface area contributed by atoms with Gasteiger partial charge in [0.1, 0.15) is 97.7 Å². The quantitative estimate of drug-likeness (QED) is 0.0801. The largest absolute Gasteiger partial charge is 0.394 e. The molecule has 22 nitrogen and oxygen atoms in total. The molecule has 3 saturated carbocycles. The Labute approximate surface area is 452 Å². The van der Waals surface area contributed by atoms with Gasteiger partial charge in [-0.3, -0.25) is 0 Å². The Morgan fingerprint density at radius 3 is 1.84 bits per heavy atom. The molecule has 0 bridgehead atoms. The van der Waals surface area contributed by atoms with Gasteiger partial charge >= 0.3 is 0 Å². The molecule has 7 fully saturated rings. The maximum atomic E-state index is 12.7. The number of aliphatic hydroxyl groups is 14. The van der Waals surface area contributed by atoms with Crippen molar-refractivity contribution in [2.24, 2.45) is 50.7 Å². The minimum Gasteiger partial charge on any atom is -0.394 e.